The predicted molar refractivity (Wildman–Crippen MR) is 104 cm³/mol. The van der Waals surface area contributed by atoms with E-state index in [-0.39, 0.29) is 23.1 Å². The lowest BCUT2D eigenvalue weighted by Gasteiger charge is -2.28. The van der Waals surface area contributed by atoms with Crippen LogP contribution in [-0.4, -0.2) is 64.8 Å². The highest BCUT2D eigenvalue weighted by molar-refractivity contribution is 9.11. The first-order chi connectivity index (χ1) is 12.4. The number of halogens is 2. The van der Waals surface area contributed by atoms with Gasteiger partial charge < -0.3 is 14.7 Å². The van der Waals surface area contributed by atoms with E-state index in [0.717, 1.165) is 16.7 Å². The Balaban J connectivity index is 1.75. The maximum absolute atomic E-state index is 12.5. The molecule has 26 heavy (non-hydrogen) atoms. The minimum Gasteiger partial charge on any atom is -0.506 e. The van der Waals surface area contributed by atoms with Crippen molar-refractivity contribution in [2.75, 3.05) is 32.8 Å². The van der Waals surface area contributed by atoms with Crippen LogP contribution in [0, 0.1) is 0 Å². The number of aromatic hydroxyl groups is 1. The van der Waals surface area contributed by atoms with Gasteiger partial charge >= 0.3 is 0 Å². The van der Waals surface area contributed by atoms with Crippen molar-refractivity contribution in [3.63, 3.8) is 0 Å². The number of ether oxygens (including phenoxy) is 1. The molecule has 0 unspecified atom stereocenters. The van der Waals surface area contributed by atoms with Gasteiger partial charge in [0.25, 0.3) is 11.1 Å². The molecule has 3 rings (SSSR count). The van der Waals surface area contributed by atoms with Gasteiger partial charge in [0.15, 0.2) is 0 Å². The van der Waals surface area contributed by atoms with E-state index in [9.17, 15) is 19.5 Å². The third-order valence-corrected chi connectivity index (χ3v) is 5.98. The minimum atomic E-state index is -0.498. The summed E-state index contributed by atoms with van der Waals surface area (Å²) in [4.78, 5) is 39.8. The molecule has 0 bridgehead atoms. The Morgan fingerprint density at radius 2 is 1.85 bits per heavy atom. The van der Waals surface area contributed by atoms with Gasteiger partial charge in [0.05, 0.1) is 27.1 Å². The lowest BCUT2D eigenvalue weighted by atomic mass is 10.2. The van der Waals surface area contributed by atoms with Crippen LogP contribution in [0.4, 0.5) is 4.79 Å². The zero-order chi connectivity index (χ0) is 18.8. The largest absolute Gasteiger partial charge is 0.506 e. The lowest BCUT2D eigenvalue weighted by Crippen LogP contribution is -2.46. The van der Waals surface area contributed by atoms with Crippen molar-refractivity contribution in [1.82, 2.24) is 9.80 Å². The average molecular weight is 506 g/mol. The highest BCUT2D eigenvalue weighted by Gasteiger charge is 2.37. The predicted octanol–water partition coefficient (Wildman–Crippen LogP) is 2.81. The van der Waals surface area contributed by atoms with Gasteiger partial charge in [-0.05, 0) is 67.4 Å². The minimum absolute atomic E-state index is 0.0476. The molecular weight excluding hydrogens is 492 g/mol. The Morgan fingerprint density at radius 1 is 1.23 bits per heavy atom. The van der Waals surface area contributed by atoms with Crippen molar-refractivity contribution in [3.8, 4) is 5.75 Å². The first-order valence-electron chi connectivity index (χ1n) is 7.65. The van der Waals surface area contributed by atoms with Crippen molar-refractivity contribution in [2.24, 2.45) is 0 Å². The summed E-state index contributed by atoms with van der Waals surface area (Å²) in [6.07, 6.45) is 1.55. The second-order valence-electron chi connectivity index (χ2n) is 5.59. The molecule has 1 N–H and O–H groups in total. The first kappa shape index (κ1) is 19.4. The number of amides is 3. The monoisotopic (exact) mass is 504 g/mol. The Kier molecular flexibility index (Phi) is 6.06. The molecular formula is C16H14Br2N2O5S. The SMILES string of the molecule is O=C(CN1C(=O)S/C(=C\c2cc(Br)c(O)c(Br)c2)C1=O)N1CCOCC1. The van der Waals surface area contributed by atoms with Crippen LogP contribution in [0.1, 0.15) is 5.56 Å². The Bertz CT molecular complexity index is 785. The van der Waals surface area contributed by atoms with Crippen LogP contribution in [-0.2, 0) is 14.3 Å². The number of morpholine rings is 1. The summed E-state index contributed by atoms with van der Waals surface area (Å²) in [7, 11) is 0. The molecule has 1 aromatic carbocycles. The number of hydrogen-bond acceptors (Lipinski definition) is 6. The summed E-state index contributed by atoms with van der Waals surface area (Å²) in [5, 5.41) is 9.28. The number of thioether (sulfide) groups is 1. The standard InChI is InChI=1S/C16H14Br2N2O5S/c17-10-5-9(6-11(18)14(10)22)7-12-15(23)20(16(24)26-12)8-13(21)19-1-3-25-4-2-19/h5-7,22H,1-4,8H2/b12-7-. The van der Waals surface area contributed by atoms with Gasteiger partial charge in [-0.3, -0.25) is 19.3 Å². The van der Waals surface area contributed by atoms with E-state index in [1.54, 1.807) is 23.1 Å². The lowest BCUT2D eigenvalue weighted by molar-refractivity contribution is -0.139. The fourth-order valence-electron chi connectivity index (χ4n) is 2.50. The van der Waals surface area contributed by atoms with Crippen molar-refractivity contribution in [2.45, 2.75) is 0 Å². The molecule has 3 amide bonds. The summed E-state index contributed by atoms with van der Waals surface area (Å²) in [5.41, 5.74) is 0.631. The first-order valence-corrected chi connectivity index (χ1v) is 10.1. The average Bonchev–Trinajstić information content (AvgIpc) is 2.87. The number of nitrogens with zero attached hydrogens (tertiary/aromatic N) is 2. The highest BCUT2D eigenvalue weighted by atomic mass is 79.9. The number of imide groups is 1. The van der Waals surface area contributed by atoms with E-state index in [0.29, 0.717) is 40.8 Å². The Hall–Kier alpha value is -1.36. The van der Waals surface area contributed by atoms with E-state index in [1.165, 1.54) is 0 Å². The van der Waals surface area contributed by atoms with Crippen molar-refractivity contribution < 1.29 is 24.2 Å². The van der Waals surface area contributed by atoms with Gasteiger partial charge in [-0.15, -0.1) is 0 Å². The summed E-state index contributed by atoms with van der Waals surface area (Å²) >= 11 is 7.24. The van der Waals surface area contributed by atoms with E-state index in [4.69, 9.17) is 4.74 Å². The van der Waals surface area contributed by atoms with E-state index in [2.05, 4.69) is 31.9 Å². The summed E-state index contributed by atoms with van der Waals surface area (Å²) in [6, 6.07) is 3.26. The van der Waals surface area contributed by atoms with Crippen molar-refractivity contribution in [3.05, 3.63) is 31.5 Å². The van der Waals surface area contributed by atoms with Crippen molar-refractivity contribution in [1.29, 1.82) is 0 Å². The number of carbonyl (C=O) groups excluding carboxylic acids is 3. The third kappa shape index (κ3) is 4.13. The van der Waals surface area contributed by atoms with Gasteiger partial charge in [-0.25, -0.2) is 0 Å². The topological polar surface area (TPSA) is 87.2 Å². The second-order valence-corrected chi connectivity index (χ2v) is 8.30. The fourth-order valence-corrected chi connectivity index (χ4v) is 4.56. The maximum Gasteiger partial charge on any atom is 0.294 e. The smallest absolute Gasteiger partial charge is 0.294 e. The van der Waals surface area contributed by atoms with E-state index >= 15 is 0 Å². The molecule has 7 nitrogen and oxygen atoms in total. The summed E-state index contributed by atoms with van der Waals surface area (Å²) in [6.45, 7) is 1.56. The molecule has 0 atom stereocenters. The molecule has 2 saturated heterocycles. The molecule has 0 radical (unpaired) electrons. The number of rotatable bonds is 3. The Morgan fingerprint density at radius 3 is 2.46 bits per heavy atom. The van der Waals surface area contributed by atoms with Gasteiger partial charge in [0.2, 0.25) is 5.91 Å². The number of hydrogen-bond donors (Lipinski definition) is 1. The van der Waals surface area contributed by atoms with Gasteiger partial charge in [-0.2, -0.15) is 0 Å². The van der Waals surface area contributed by atoms with Crippen LogP contribution < -0.4 is 0 Å². The van der Waals surface area contributed by atoms with Crippen LogP contribution in [0.5, 0.6) is 5.75 Å². The quantitative estimate of drug-likeness (QED) is 0.635. The van der Waals surface area contributed by atoms with Gasteiger partial charge in [-0.1, -0.05) is 0 Å². The van der Waals surface area contributed by atoms with Crippen LogP contribution >= 0.6 is 43.6 Å². The van der Waals surface area contributed by atoms with Crippen LogP contribution in [0.2, 0.25) is 0 Å². The number of carbonyl (C=O) groups is 3. The molecule has 2 aliphatic heterocycles. The molecule has 0 aliphatic carbocycles. The molecule has 1 aromatic rings. The van der Waals surface area contributed by atoms with Gasteiger partial charge in [0, 0.05) is 13.1 Å². The second kappa shape index (κ2) is 8.12. The summed E-state index contributed by atoms with van der Waals surface area (Å²) in [5.74, 6) is -0.722. The third-order valence-electron chi connectivity index (χ3n) is 3.87. The number of phenols is 1. The molecule has 0 aromatic heterocycles. The Labute approximate surface area is 170 Å². The molecule has 2 fully saturated rings. The van der Waals surface area contributed by atoms with Crippen LogP contribution in [0.15, 0.2) is 26.0 Å². The van der Waals surface area contributed by atoms with E-state index < -0.39 is 11.1 Å². The highest BCUT2D eigenvalue weighted by Crippen LogP contribution is 2.36. The van der Waals surface area contributed by atoms with E-state index in [1.807, 2.05) is 0 Å². The zero-order valence-electron chi connectivity index (χ0n) is 13.4. The van der Waals surface area contributed by atoms with Crippen molar-refractivity contribution >= 4 is 66.8 Å². The molecule has 2 aliphatic rings. The molecule has 2 heterocycles. The fraction of sp³-hybridized carbons (Fsp3) is 0.312. The molecule has 138 valence electrons. The number of phenolic OH excluding ortho intramolecular Hbond substituents is 1. The zero-order valence-corrected chi connectivity index (χ0v) is 17.4. The normalized spacial score (nSPS) is 19.5. The van der Waals surface area contributed by atoms with Crippen LogP contribution in [0.25, 0.3) is 6.08 Å². The molecule has 0 saturated carbocycles. The maximum atomic E-state index is 12.5. The molecule has 0 spiro atoms. The number of benzene rings is 1. The van der Waals surface area contributed by atoms with Gasteiger partial charge in [0.1, 0.15) is 12.3 Å². The summed E-state index contributed by atoms with van der Waals surface area (Å²) < 4.78 is 6.11. The molecule has 10 heteroatoms. The van der Waals surface area contributed by atoms with Crippen LogP contribution in [0.3, 0.4) is 0 Å².